The quantitative estimate of drug-likeness (QED) is 0.769. The van der Waals surface area contributed by atoms with Gasteiger partial charge in [-0.25, -0.2) is 9.97 Å². The second kappa shape index (κ2) is 7.01. The van der Waals surface area contributed by atoms with Gasteiger partial charge in [-0.2, -0.15) is 0 Å². The van der Waals surface area contributed by atoms with E-state index in [1.165, 1.54) is 23.7 Å². The molecule has 0 bridgehead atoms. The fourth-order valence-corrected chi connectivity index (χ4v) is 2.57. The highest BCUT2D eigenvalue weighted by Gasteiger charge is 2.09. The van der Waals surface area contributed by atoms with Gasteiger partial charge in [-0.15, -0.1) is 10.2 Å². The summed E-state index contributed by atoms with van der Waals surface area (Å²) in [5.41, 5.74) is 1.21. The first kappa shape index (κ1) is 15.2. The van der Waals surface area contributed by atoms with E-state index in [1.807, 2.05) is 19.1 Å². The minimum Gasteiger partial charge on any atom is -0.345 e. The van der Waals surface area contributed by atoms with Crippen LogP contribution in [-0.2, 0) is 13.0 Å². The van der Waals surface area contributed by atoms with Gasteiger partial charge in [0.15, 0.2) is 5.82 Å². The van der Waals surface area contributed by atoms with Gasteiger partial charge in [0.2, 0.25) is 0 Å². The standard InChI is InChI=1S/C15H14N6OS/c1-2-12-20-21-13(23-12)9-19-15(22)11-7-17-14(18-8-11)10-4-3-5-16-6-10/h3-8H,2,9H2,1H3,(H,19,22). The summed E-state index contributed by atoms with van der Waals surface area (Å²) < 4.78 is 0. The minimum absolute atomic E-state index is 0.240. The largest absolute Gasteiger partial charge is 0.345 e. The smallest absolute Gasteiger partial charge is 0.254 e. The van der Waals surface area contributed by atoms with Crippen LogP contribution in [0.25, 0.3) is 11.4 Å². The summed E-state index contributed by atoms with van der Waals surface area (Å²) in [5, 5.41) is 12.6. The van der Waals surface area contributed by atoms with Crippen LogP contribution < -0.4 is 5.32 Å². The van der Waals surface area contributed by atoms with Crippen LogP contribution in [0.4, 0.5) is 0 Å². The van der Waals surface area contributed by atoms with Gasteiger partial charge in [-0.3, -0.25) is 9.78 Å². The summed E-state index contributed by atoms with van der Waals surface area (Å²) in [7, 11) is 0. The molecule has 0 saturated carbocycles. The Morgan fingerprint density at radius 3 is 2.61 bits per heavy atom. The van der Waals surface area contributed by atoms with E-state index in [0.29, 0.717) is 17.9 Å². The normalized spacial score (nSPS) is 10.5. The van der Waals surface area contributed by atoms with E-state index >= 15 is 0 Å². The zero-order chi connectivity index (χ0) is 16.1. The Bertz CT molecular complexity index is 787. The van der Waals surface area contributed by atoms with Crippen molar-refractivity contribution < 1.29 is 4.79 Å². The maximum atomic E-state index is 12.1. The summed E-state index contributed by atoms with van der Waals surface area (Å²) in [5.74, 6) is 0.294. The molecule has 8 heteroatoms. The predicted octanol–water partition coefficient (Wildman–Crippen LogP) is 1.88. The molecule has 7 nitrogen and oxygen atoms in total. The zero-order valence-corrected chi connectivity index (χ0v) is 13.2. The molecule has 0 radical (unpaired) electrons. The lowest BCUT2D eigenvalue weighted by Crippen LogP contribution is -2.23. The number of amides is 1. The Kier molecular flexibility index (Phi) is 4.62. The molecule has 116 valence electrons. The van der Waals surface area contributed by atoms with Crippen molar-refractivity contribution in [2.75, 3.05) is 0 Å². The zero-order valence-electron chi connectivity index (χ0n) is 12.4. The highest BCUT2D eigenvalue weighted by Crippen LogP contribution is 2.12. The summed E-state index contributed by atoms with van der Waals surface area (Å²) >= 11 is 1.49. The number of carbonyl (C=O) groups excluding carboxylic acids is 1. The molecule has 0 atom stereocenters. The van der Waals surface area contributed by atoms with Crippen molar-refractivity contribution in [2.45, 2.75) is 19.9 Å². The summed E-state index contributed by atoms with van der Waals surface area (Å²) in [6.07, 6.45) is 7.21. The number of aromatic nitrogens is 5. The molecule has 1 amide bonds. The van der Waals surface area contributed by atoms with Crippen LogP contribution in [0.3, 0.4) is 0 Å². The molecule has 3 rings (SSSR count). The first-order valence-corrected chi connectivity index (χ1v) is 7.90. The third kappa shape index (κ3) is 3.72. The summed E-state index contributed by atoms with van der Waals surface area (Å²) in [6.45, 7) is 2.37. The van der Waals surface area contributed by atoms with Crippen molar-refractivity contribution in [3.63, 3.8) is 0 Å². The van der Waals surface area contributed by atoms with E-state index in [4.69, 9.17) is 0 Å². The molecular weight excluding hydrogens is 312 g/mol. The molecule has 3 aromatic rings. The van der Waals surface area contributed by atoms with Gasteiger partial charge >= 0.3 is 0 Å². The van der Waals surface area contributed by atoms with E-state index in [1.54, 1.807) is 12.4 Å². The van der Waals surface area contributed by atoms with Crippen molar-refractivity contribution >= 4 is 17.2 Å². The molecule has 0 aliphatic heterocycles. The monoisotopic (exact) mass is 326 g/mol. The number of nitrogens with zero attached hydrogens (tertiary/aromatic N) is 5. The van der Waals surface area contributed by atoms with Crippen LogP contribution in [0.2, 0.25) is 0 Å². The lowest BCUT2D eigenvalue weighted by atomic mass is 10.2. The third-order valence-electron chi connectivity index (χ3n) is 3.05. The molecule has 3 heterocycles. The lowest BCUT2D eigenvalue weighted by molar-refractivity contribution is 0.0950. The lowest BCUT2D eigenvalue weighted by Gasteiger charge is -2.03. The highest BCUT2D eigenvalue weighted by molar-refractivity contribution is 7.11. The molecule has 0 spiro atoms. The fraction of sp³-hybridized carbons (Fsp3) is 0.200. The second-order valence-electron chi connectivity index (χ2n) is 4.66. The first-order chi connectivity index (χ1) is 11.3. The minimum atomic E-state index is -0.240. The summed E-state index contributed by atoms with van der Waals surface area (Å²) in [4.78, 5) is 24.5. The van der Waals surface area contributed by atoms with E-state index < -0.39 is 0 Å². The van der Waals surface area contributed by atoms with Crippen molar-refractivity contribution in [3.05, 3.63) is 52.5 Å². The van der Waals surface area contributed by atoms with Crippen molar-refractivity contribution in [3.8, 4) is 11.4 Å². The number of carbonyl (C=O) groups is 1. The van der Waals surface area contributed by atoms with Crippen LogP contribution in [0.5, 0.6) is 0 Å². The van der Waals surface area contributed by atoms with Crippen LogP contribution in [-0.4, -0.2) is 31.1 Å². The average molecular weight is 326 g/mol. The van der Waals surface area contributed by atoms with Crippen molar-refractivity contribution in [1.29, 1.82) is 0 Å². The van der Waals surface area contributed by atoms with E-state index in [2.05, 4.69) is 30.5 Å². The first-order valence-electron chi connectivity index (χ1n) is 7.08. The Morgan fingerprint density at radius 2 is 1.96 bits per heavy atom. The van der Waals surface area contributed by atoms with Crippen molar-refractivity contribution in [1.82, 2.24) is 30.5 Å². The molecule has 3 aromatic heterocycles. The van der Waals surface area contributed by atoms with E-state index in [0.717, 1.165) is 22.0 Å². The maximum Gasteiger partial charge on any atom is 0.254 e. The topological polar surface area (TPSA) is 93.6 Å². The molecule has 0 aromatic carbocycles. The summed E-state index contributed by atoms with van der Waals surface area (Å²) in [6, 6.07) is 3.68. The van der Waals surface area contributed by atoms with Crippen LogP contribution in [0.15, 0.2) is 36.9 Å². The van der Waals surface area contributed by atoms with Gasteiger partial charge in [-0.05, 0) is 18.6 Å². The molecule has 1 N–H and O–H groups in total. The molecular formula is C15H14N6OS. The van der Waals surface area contributed by atoms with E-state index in [9.17, 15) is 4.79 Å². The number of nitrogens with one attached hydrogen (secondary N) is 1. The SMILES string of the molecule is CCc1nnc(CNC(=O)c2cnc(-c3cccnc3)nc2)s1. The Balaban J connectivity index is 1.63. The number of pyridine rings is 1. The third-order valence-corrected chi connectivity index (χ3v) is 4.11. The number of rotatable bonds is 5. The van der Waals surface area contributed by atoms with Crippen LogP contribution >= 0.6 is 11.3 Å². The second-order valence-corrected chi connectivity index (χ2v) is 5.81. The molecule has 23 heavy (non-hydrogen) atoms. The van der Waals surface area contributed by atoms with E-state index in [-0.39, 0.29) is 5.91 Å². The molecule has 0 aliphatic rings. The Labute approximate surface area is 136 Å². The van der Waals surface area contributed by atoms with Gasteiger partial charge in [0.25, 0.3) is 5.91 Å². The van der Waals surface area contributed by atoms with Crippen LogP contribution in [0, 0.1) is 0 Å². The molecule has 0 saturated heterocycles. The molecule has 0 aliphatic carbocycles. The fourth-order valence-electron chi connectivity index (χ4n) is 1.85. The molecule has 0 unspecified atom stereocenters. The maximum absolute atomic E-state index is 12.1. The number of hydrogen-bond acceptors (Lipinski definition) is 7. The number of hydrogen-bond donors (Lipinski definition) is 1. The van der Waals surface area contributed by atoms with Gasteiger partial charge in [0.05, 0.1) is 12.1 Å². The van der Waals surface area contributed by atoms with Gasteiger partial charge in [-0.1, -0.05) is 18.3 Å². The van der Waals surface area contributed by atoms with Crippen molar-refractivity contribution in [2.24, 2.45) is 0 Å². The van der Waals surface area contributed by atoms with Gasteiger partial charge in [0.1, 0.15) is 10.0 Å². The van der Waals surface area contributed by atoms with Gasteiger partial charge in [0, 0.05) is 30.4 Å². The van der Waals surface area contributed by atoms with Gasteiger partial charge < -0.3 is 5.32 Å². The Hall–Kier alpha value is -2.74. The highest BCUT2D eigenvalue weighted by atomic mass is 32.1. The Morgan fingerprint density at radius 1 is 1.17 bits per heavy atom. The number of aryl methyl sites for hydroxylation is 1. The molecule has 0 fully saturated rings. The predicted molar refractivity (Wildman–Crippen MR) is 85.7 cm³/mol. The average Bonchev–Trinajstić information content (AvgIpc) is 3.09. The van der Waals surface area contributed by atoms with Crippen LogP contribution in [0.1, 0.15) is 27.3 Å².